The molecule has 0 amide bonds. The highest BCUT2D eigenvalue weighted by molar-refractivity contribution is 5.69. The predicted octanol–water partition coefficient (Wildman–Crippen LogP) is 1.99. The van der Waals surface area contributed by atoms with Crippen LogP contribution in [0.3, 0.4) is 0 Å². The molecule has 0 radical (unpaired) electrons. The van der Waals surface area contributed by atoms with Crippen LogP contribution in [-0.2, 0) is 9.53 Å². The Hall–Kier alpha value is -0.530. The van der Waals surface area contributed by atoms with Crippen molar-refractivity contribution in [3.05, 3.63) is 0 Å². The van der Waals surface area contributed by atoms with E-state index in [2.05, 4.69) is 13.8 Å². The average Bonchev–Trinajstić information content (AvgIpc) is 1.88. The maximum atomic E-state index is 10.8. The molecule has 2 heteroatoms. The molecular weight excluding hydrogens is 128 g/mol. The van der Waals surface area contributed by atoms with E-state index in [9.17, 15) is 4.79 Å². The van der Waals surface area contributed by atoms with Crippen molar-refractivity contribution in [3.8, 4) is 0 Å². The quantitative estimate of drug-likeness (QED) is 0.564. The standard InChI is InChI=1S/C8H16O2/c1-4-7(3)6-8(9)10-5-2/h7H,4-6H2,1-3H3/t7-/m0/s1. The highest BCUT2D eigenvalue weighted by Gasteiger charge is 2.06. The van der Waals surface area contributed by atoms with Crippen LogP contribution in [0, 0.1) is 5.92 Å². The third-order valence-electron chi connectivity index (χ3n) is 1.52. The number of hydrogen-bond donors (Lipinski definition) is 0. The van der Waals surface area contributed by atoms with Crippen molar-refractivity contribution in [1.82, 2.24) is 0 Å². The topological polar surface area (TPSA) is 26.3 Å². The van der Waals surface area contributed by atoms with Crippen LogP contribution in [0.4, 0.5) is 0 Å². The van der Waals surface area contributed by atoms with Gasteiger partial charge in [0.05, 0.1) is 6.61 Å². The summed E-state index contributed by atoms with van der Waals surface area (Å²) in [6, 6.07) is 0. The predicted molar refractivity (Wildman–Crippen MR) is 40.7 cm³/mol. The zero-order valence-corrected chi connectivity index (χ0v) is 7.02. The van der Waals surface area contributed by atoms with Crippen molar-refractivity contribution in [2.24, 2.45) is 5.92 Å². The van der Waals surface area contributed by atoms with Gasteiger partial charge in [-0.25, -0.2) is 0 Å². The molecule has 0 aromatic heterocycles. The molecule has 0 N–H and O–H groups in total. The number of hydrogen-bond acceptors (Lipinski definition) is 2. The Morgan fingerprint density at radius 2 is 2.10 bits per heavy atom. The molecule has 1 atom stereocenters. The van der Waals surface area contributed by atoms with Gasteiger partial charge in [-0.2, -0.15) is 0 Å². The molecule has 0 saturated heterocycles. The van der Waals surface area contributed by atoms with Gasteiger partial charge in [0.2, 0.25) is 0 Å². The maximum absolute atomic E-state index is 10.8. The Morgan fingerprint density at radius 3 is 2.50 bits per heavy atom. The molecule has 0 heterocycles. The normalized spacial score (nSPS) is 12.7. The monoisotopic (exact) mass is 144 g/mol. The maximum Gasteiger partial charge on any atom is 0.306 e. The van der Waals surface area contributed by atoms with Crippen LogP contribution in [0.15, 0.2) is 0 Å². The van der Waals surface area contributed by atoms with E-state index in [4.69, 9.17) is 4.74 Å². The van der Waals surface area contributed by atoms with E-state index in [1.807, 2.05) is 6.92 Å². The fourth-order valence-corrected chi connectivity index (χ4v) is 0.649. The first kappa shape index (κ1) is 9.47. The van der Waals surface area contributed by atoms with E-state index >= 15 is 0 Å². The van der Waals surface area contributed by atoms with Gasteiger partial charge in [0.1, 0.15) is 0 Å². The number of carbonyl (C=O) groups excluding carboxylic acids is 1. The van der Waals surface area contributed by atoms with E-state index < -0.39 is 0 Å². The smallest absolute Gasteiger partial charge is 0.306 e. The average molecular weight is 144 g/mol. The van der Waals surface area contributed by atoms with Crippen LogP contribution in [0.1, 0.15) is 33.6 Å². The summed E-state index contributed by atoms with van der Waals surface area (Å²) in [4.78, 5) is 10.8. The lowest BCUT2D eigenvalue weighted by molar-refractivity contribution is -0.144. The highest BCUT2D eigenvalue weighted by atomic mass is 16.5. The summed E-state index contributed by atoms with van der Waals surface area (Å²) in [5.74, 6) is 0.385. The molecule has 0 aliphatic rings. The summed E-state index contributed by atoms with van der Waals surface area (Å²) < 4.78 is 4.78. The van der Waals surface area contributed by atoms with Gasteiger partial charge in [0.25, 0.3) is 0 Å². The van der Waals surface area contributed by atoms with Crippen LogP contribution in [-0.4, -0.2) is 12.6 Å². The minimum absolute atomic E-state index is 0.0724. The SMILES string of the molecule is CCOC(=O)C[C@@H](C)CC. The summed E-state index contributed by atoms with van der Waals surface area (Å²) in [5, 5.41) is 0. The van der Waals surface area contributed by atoms with E-state index in [0.29, 0.717) is 18.9 Å². The third kappa shape index (κ3) is 4.36. The lowest BCUT2D eigenvalue weighted by atomic mass is 10.1. The third-order valence-corrected chi connectivity index (χ3v) is 1.52. The van der Waals surface area contributed by atoms with Gasteiger partial charge in [-0.15, -0.1) is 0 Å². The molecule has 0 fully saturated rings. The van der Waals surface area contributed by atoms with E-state index in [0.717, 1.165) is 6.42 Å². The first-order chi connectivity index (χ1) is 4.70. The Morgan fingerprint density at radius 1 is 1.50 bits per heavy atom. The molecule has 0 saturated carbocycles. The van der Waals surface area contributed by atoms with Crippen molar-refractivity contribution >= 4 is 5.97 Å². The first-order valence-corrected chi connectivity index (χ1v) is 3.86. The molecule has 10 heavy (non-hydrogen) atoms. The van der Waals surface area contributed by atoms with Gasteiger partial charge in [0.15, 0.2) is 0 Å². The summed E-state index contributed by atoms with van der Waals surface area (Å²) >= 11 is 0. The number of carbonyl (C=O) groups is 1. The van der Waals surface area contributed by atoms with Crippen molar-refractivity contribution in [2.45, 2.75) is 33.6 Å². The lowest BCUT2D eigenvalue weighted by Gasteiger charge is -2.06. The van der Waals surface area contributed by atoms with Crippen LogP contribution in [0.5, 0.6) is 0 Å². The Balaban J connectivity index is 3.37. The molecule has 0 rings (SSSR count). The Bertz CT molecular complexity index is 99.4. The number of ether oxygens (including phenoxy) is 1. The minimum atomic E-state index is -0.0724. The second kappa shape index (κ2) is 5.27. The highest BCUT2D eigenvalue weighted by Crippen LogP contribution is 2.06. The molecule has 0 unspecified atom stereocenters. The van der Waals surface area contributed by atoms with Gasteiger partial charge >= 0.3 is 5.97 Å². The minimum Gasteiger partial charge on any atom is -0.466 e. The Labute approximate surface area is 62.6 Å². The zero-order chi connectivity index (χ0) is 7.98. The van der Waals surface area contributed by atoms with Gasteiger partial charge < -0.3 is 4.74 Å². The van der Waals surface area contributed by atoms with Crippen molar-refractivity contribution < 1.29 is 9.53 Å². The van der Waals surface area contributed by atoms with Crippen LogP contribution in [0.25, 0.3) is 0 Å². The van der Waals surface area contributed by atoms with E-state index in [-0.39, 0.29) is 5.97 Å². The molecule has 0 aliphatic carbocycles. The van der Waals surface area contributed by atoms with Crippen LogP contribution in [0.2, 0.25) is 0 Å². The van der Waals surface area contributed by atoms with Crippen molar-refractivity contribution in [1.29, 1.82) is 0 Å². The molecule has 0 aromatic rings. The summed E-state index contributed by atoms with van der Waals surface area (Å²) in [6.45, 7) is 6.45. The Kier molecular flexibility index (Phi) is 4.99. The summed E-state index contributed by atoms with van der Waals surface area (Å²) in [6.07, 6.45) is 1.60. The second-order valence-corrected chi connectivity index (χ2v) is 2.52. The van der Waals surface area contributed by atoms with Gasteiger partial charge in [-0.1, -0.05) is 20.3 Å². The van der Waals surface area contributed by atoms with Crippen LogP contribution >= 0.6 is 0 Å². The second-order valence-electron chi connectivity index (χ2n) is 2.52. The van der Waals surface area contributed by atoms with E-state index in [1.54, 1.807) is 0 Å². The molecular formula is C8H16O2. The van der Waals surface area contributed by atoms with E-state index in [1.165, 1.54) is 0 Å². The number of rotatable bonds is 4. The largest absolute Gasteiger partial charge is 0.466 e. The lowest BCUT2D eigenvalue weighted by Crippen LogP contribution is -2.08. The molecule has 0 aliphatic heterocycles. The zero-order valence-electron chi connectivity index (χ0n) is 7.02. The fourth-order valence-electron chi connectivity index (χ4n) is 0.649. The van der Waals surface area contributed by atoms with Gasteiger partial charge in [0, 0.05) is 6.42 Å². The van der Waals surface area contributed by atoms with Gasteiger partial charge in [-0.3, -0.25) is 4.79 Å². The van der Waals surface area contributed by atoms with Crippen LogP contribution < -0.4 is 0 Å². The number of esters is 1. The molecule has 0 spiro atoms. The molecule has 60 valence electrons. The molecule has 0 bridgehead atoms. The molecule has 2 nitrogen and oxygen atoms in total. The summed E-state index contributed by atoms with van der Waals surface area (Å²) in [7, 11) is 0. The van der Waals surface area contributed by atoms with Gasteiger partial charge in [-0.05, 0) is 12.8 Å². The molecule has 0 aromatic carbocycles. The summed E-state index contributed by atoms with van der Waals surface area (Å²) in [5.41, 5.74) is 0. The van der Waals surface area contributed by atoms with Crippen molar-refractivity contribution in [2.75, 3.05) is 6.61 Å². The fraction of sp³-hybridized carbons (Fsp3) is 0.875. The van der Waals surface area contributed by atoms with Crippen molar-refractivity contribution in [3.63, 3.8) is 0 Å². The first-order valence-electron chi connectivity index (χ1n) is 3.86.